The van der Waals surface area contributed by atoms with Gasteiger partial charge in [-0.05, 0) is 18.6 Å². The molecule has 124 valence electrons. The molecule has 11 heteroatoms. The fourth-order valence-corrected chi connectivity index (χ4v) is 2.15. The number of nitrogens with zero attached hydrogens (tertiary/aromatic N) is 1. The van der Waals surface area contributed by atoms with E-state index in [4.69, 9.17) is 19.3 Å². The Morgan fingerprint density at radius 3 is 2.68 bits per heavy atom. The third-order valence-corrected chi connectivity index (χ3v) is 3.30. The molecule has 2 unspecified atom stereocenters. The molecule has 0 fully saturated rings. The molecule has 2 atom stereocenters. The van der Waals surface area contributed by atoms with Crippen molar-refractivity contribution < 1.29 is 23.8 Å². The number of hydrogen-bond donors (Lipinski definition) is 4. The predicted octanol–water partition coefficient (Wildman–Crippen LogP) is 0.0381. The zero-order chi connectivity index (χ0) is 15.6. The molecule has 0 saturated heterocycles. The Bertz CT molecular complexity index is 704. The summed E-state index contributed by atoms with van der Waals surface area (Å²) in [5.74, 6) is 0. The van der Waals surface area contributed by atoms with Crippen LogP contribution in [0.25, 0.3) is 0 Å². The van der Waals surface area contributed by atoms with E-state index in [0.29, 0.717) is 12.0 Å². The Labute approximate surface area is 125 Å². The van der Waals surface area contributed by atoms with Crippen LogP contribution in [-0.2, 0) is 20.5 Å². The SMILES string of the molecule is CCc1cn(C2C=CC(OCP(=O)(O)O)O2)c(=O)[nH]c1=O.[NH4+]. The quantitative estimate of drug-likeness (QED) is 0.434. The van der Waals surface area contributed by atoms with E-state index < -0.39 is 37.7 Å². The van der Waals surface area contributed by atoms with Crippen LogP contribution in [0.4, 0.5) is 0 Å². The van der Waals surface area contributed by atoms with Gasteiger partial charge in [0, 0.05) is 11.8 Å². The highest BCUT2D eigenvalue weighted by atomic mass is 31.2. The van der Waals surface area contributed by atoms with E-state index in [0.717, 1.165) is 0 Å². The summed E-state index contributed by atoms with van der Waals surface area (Å²) in [6, 6.07) is 0. The lowest BCUT2D eigenvalue weighted by Crippen LogP contribution is -2.34. The predicted molar refractivity (Wildman–Crippen MR) is 77.7 cm³/mol. The van der Waals surface area contributed by atoms with Gasteiger partial charge in [-0.2, -0.15) is 0 Å². The lowest BCUT2D eigenvalue weighted by Gasteiger charge is -2.17. The number of rotatable bonds is 5. The summed E-state index contributed by atoms with van der Waals surface area (Å²) in [6.45, 7) is 1.77. The van der Waals surface area contributed by atoms with E-state index in [9.17, 15) is 14.2 Å². The van der Waals surface area contributed by atoms with Crippen LogP contribution in [0.5, 0.6) is 0 Å². The van der Waals surface area contributed by atoms with Gasteiger partial charge in [-0.1, -0.05) is 6.92 Å². The molecule has 0 saturated carbocycles. The average Bonchev–Trinajstić information content (AvgIpc) is 2.84. The van der Waals surface area contributed by atoms with Crippen molar-refractivity contribution in [3.05, 3.63) is 44.8 Å². The van der Waals surface area contributed by atoms with Crippen molar-refractivity contribution in [2.24, 2.45) is 0 Å². The zero-order valence-corrected chi connectivity index (χ0v) is 13.0. The van der Waals surface area contributed by atoms with Crippen molar-refractivity contribution in [3.63, 3.8) is 0 Å². The first-order chi connectivity index (χ1) is 9.80. The standard InChI is InChI=1S/C11H15N2O7P.H3N/c1-2-7-5-13(11(15)12-10(7)14)8-3-4-9(20-8)19-6-21(16,17)18;/h3-5,8-9H,2,6H2,1H3,(H,12,14,15)(H2,16,17,18);1H3/p+1. The highest BCUT2D eigenvalue weighted by molar-refractivity contribution is 7.51. The first-order valence-electron chi connectivity index (χ1n) is 6.14. The number of quaternary nitrogens is 1. The Morgan fingerprint density at radius 1 is 1.41 bits per heavy atom. The molecule has 2 rings (SSSR count). The van der Waals surface area contributed by atoms with Crippen LogP contribution in [0.3, 0.4) is 0 Å². The van der Waals surface area contributed by atoms with E-state index in [1.165, 1.54) is 22.9 Å². The Kier molecular flexibility index (Phi) is 6.00. The molecule has 1 aliphatic heterocycles. The van der Waals surface area contributed by atoms with Gasteiger partial charge in [0.25, 0.3) is 5.56 Å². The summed E-state index contributed by atoms with van der Waals surface area (Å²) in [6.07, 6.45) is 2.22. The molecule has 0 spiro atoms. The number of aromatic amines is 1. The van der Waals surface area contributed by atoms with E-state index >= 15 is 0 Å². The van der Waals surface area contributed by atoms with Crippen LogP contribution in [0, 0.1) is 0 Å². The number of aromatic nitrogens is 2. The number of ether oxygens (including phenoxy) is 2. The van der Waals surface area contributed by atoms with Crippen LogP contribution < -0.4 is 17.4 Å². The van der Waals surface area contributed by atoms with Crippen molar-refractivity contribution in [3.8, 4) is 0 Å². The number of nitrogens with one attached hydrogen (secondary N) is 1. The molecule has 1 aromatic rings. The highest BCUT2D eigenvalue weighted by Gasteiger charge is 2.25. The summed E-state index contributed by atoms with van der Waals surface area (Å²) in [5.41, 5.74) is -0.663. The number of aryl methyl sites for hydroxylation is 1. The smallest absolute Gasteiger partial charge is 0.351 e. The second kappa shape index (κ2) is 7.14. The monoisotopic (exact) mass is 336 g/mol. The summed E-state index contributed by atoms with van der Waals surface area (Å²) in [5, 5.41) is 0. The van der Waals surface area contributed by atoms with Gasteiger partial charge in [0.1, 0.15) is 0 Å². The largest absolute Gasteiger partial charge is 0.369 e. The molecule has 22 heavy (non-hydrogen) atoms. The molecule has 0 radical (unpaired) electrons. The molecule has 0 aromatic carbocycles. The normalized spacial score (nSPS) is 20.9. The van der Waals surface area contributed by atoms with Gasteiger partial charge in [-0.25, -0.2) is 4.79 Å². The Balaban J connectivity index is 0.00000242. The molecule has 7 N–H and O–H groups in total. The maximum atomic E-state index is 11.7. The molecule has 2 heterocycles. The van der Waals surface area contributed by atoms with Crippen LogP contribution >= 0.6 is 7.60 Å². The van der Waals surface area contributed by atoms with E-state index in [1.54, 1.807) is 6.92 Å². The summed E-state index contributed by atoms with van der Waals surface area (Å²) in [7, 11) is -4.29. The maximum Gasteiger partial charge on any atom is 0.351 e. The zero-order valence-electron chi connectivity index (χ0n) is 12.1. The molecule has 1 aromatic heterocycles. The Morgan fingerprint density at radius 2 is 2.09 bits per heavy atom. The minimum atomic E-state index is -4.29. The van der Waals surface area contributed by atoms with Crippen LogP contribution in [0.15, 0.2) is 27.9 Å². The van der Waals surface area contributed by atoms with Gasteiger partial charge in [0.05, 0.1) is 0 Å². The molecular weight excluding hydrogens is 317 g/mol. The first-order valence-corrected chi connectivity index (χ1v) is 7.94. The fourth-order valence-electron chi connectivity index (χ4n) is 1.81. The minimum absolute atomic E-state index is 0. The minimum Gasteiger partial charge on any atom is -0.369 e. The number of hydrogen-bond acceptors (Lipinski definition) is 5. The highest BCUT2D eigenvalue weighted by Crippen LogP contribution is 2.35. The lowest BCUT2D eigenvalue weighted by molar-refractivity contribution is -0.127. The first kappa shape index (κ1) is 18.5. The van der Waals surface area contributed by atoms with Crippen LogP contribution in [0.2, 0.25) is 0 Å². The van der Waals surface area contributed by atoms with Gasteiger partial charge in [-0.3, -0.25) is 18.9 Å². The lowest BCUT2D eigenvalue weighted by atomic mass is 10.2. The average molecular weight is 336 g/mol. The molecule has 0 aliphatic carbocycles. The molecule has 0 amide bonds. The van der Waals surface area contributed by atoms with Crippen molar-refractivity contribution in [2.75, 3.05) is 6.35 Å². The maximum absolute atomic E-state index is 11.7. The van der Waals surface area contributed by atoms with Gasteiger partial charge >= 0.3 is 13.3 Å². The van der Waals surface area contributed by atoms with Gasteiger partial charge in [0.15, 0.2) is 18.9 Å². The van der Waals surface area contributed by atoms with Gasteiger partial charge in [0.2, 0.25) is 0 Å². The van der Waals surface area contributed by atoms with Crippen LogP contribution in [0.1, 0.15) is 18.7 Å². The Hall–Kier alpha value is -1.55. The second-order valence-electron chi connectivity index (χ2n) is 4.41. The number of H-pyrrole nitrogens is 1. The molecule has 0 bridgehead atoms. The van der Waals surface area contributed by atoms with Crippen molar-refractivity contribution in [2.45, 2.75) is 25.9 Å². The van der Waals surface area contributed by atoms with Gasteiger partial charge in [-0.15, -0.1) is 0 Å². The van der Waals surface area contributed by atoms with E-state index in [1.807, 2.05) is 0 Å². The molecule has 10 nitrogen and oxygen atoms in total. The topological polar surface area (TPSA) is 167 Å². The van der Waals surface area contributed by atoms with Crippen molar-refractivity contribution in [1.29, 1.82) is 0 Å². The summed E-state index contributed by atoms with van der Waals surface area (Å²) < 4.78 is 22.1. The van der Waals surface area contributed by atoms with E-state index in [2.05, 4.69) is 4.98 Å². The van der Waals surface area contributed by atoms with E-state index in [-0.39, 0.29) is 6.15 Å². The molecular formula is C11H19N3O7P+. The van der Waals surface area contributed by atoms with Gasteiger partial charge < -0.3 is 25.4 Å². The fraction of sp³-hybridized carbons (Fsp3) is 0.455. The molecule has 1 aliphatic rings. The van der Waals surface area contributed by atoms with Crippen molar-refractivity contribution in [1.82, 2.24) is 15.7 Å². The summed E-state index contributed by atoms with van der Waals surface area (Å²) >= 11 is 0. The third-order valence-electron chi connectivity index (χ3n) is 2.81. The third kappa shape index (κ3) is 4.47. The summed E-state index contributed by atoms with van der Waals surface area (Å²) in [4.78, 5) is 42.8. The van der Waals surface area contributed by atoms with Crippen molar-refractivity contribution >= 4 is 7.60 Å². The second-order valence-corrected chi connectivity index (χ2v) is 6.00. The van der Waals surface area contributed by atoms with Crippen LogP contribution in [-0.4, -0.2) is 32.0 Å².